The fraction of sp³-hybridized carbons (Fsp3) is 0.235. The SMILES string of the molecule is C[C@@H](NC(=O)[C@H]1COc2ccccc2O1)c1ccc(Cl)cc1Cl. The van der Waals surface area contributed by atoms with Gasteiger partial charge in [0.05, 0.1) is 6.04 Å². The highest BCUT2D eigenvalue weighted by atomic mass is 35.5. The molecule has 1 aliphatic heterocycles. The third kappa shape index (κ3) is 3.54. The molecule has 2 aromatic carbocycles. The molecule has 4 nitrogen and oxygen atoms in total. The molecule has 0 saturated heterocycles. The molecule has 0 radical (unpaired) electrons. The minimum absolute atomic E-state index is 0.171. The lowest BCUT2D eigenvalue weighted by Gasteiger charge is -2.27. The Morgan fingerprint density at radius 1 is 1.22 bits per heavy atom. The largest absolute Gasteiger partial charge is 0.485 e. The highest BCUT2D eigenvalue weighted by Crippen LogP contribution is 2.31. The van der Waals surface area contributed by atoms with Crippen molar-refractivity contribution in [3.05, 3.63) is 58.1 Å². The van der Waals surface area contributed by atoms with Crippen LogP contribution in [0.5, 0.6) is 11.5 Å². The number of amides is 1. The number of hydrogen-bond donors (Lipinski definition) is 1. The van der Waals surface area contributed by atoms with Gasteiger partial charge in [0.25, 0.3) is 5.91 Å². The van der Waals surface area contributed by atoms with Crippen molar-refractivity contribution in [1.29, 1.82) is 0 Å². The summed E-state index contributed by atoms with van der Waals surface area (Å²) in [7, 11) is 0. The van der Waals surface area contributed by atoms with Crippen LogP contribution in [0.15, 0.2) is 42.5 Å². The molecule has 0 spiro atoms. The second kappa shape index (κ2) is 6.69. The van der Waals surface area contributed by atoms with Crippen LogP contribution in [0.25, 0.3) is 0 Å². The highest BCUT2D eigenvalue weighted by Gasteiger charge is 2.28. The second-order valence-corrected chi connectivity index (χ2v) is 6.10. The van der Waals surface area contributed by atoms with Crippen molar-refractivity contribution >= 4 is 29.1 Å². The summed E-state index contributed by atoms with van der Waals surface area (Å²) in [5.74, 6) is 0.958. The number of nitrogens with one attached hydrogen (secondary N) is 1. The van der Waals surface area contributed by atoms with Crippen molar-refractivity contribution in [1.82, 2.24) is 5.32 Å². The van der Waals surface area contributed by atoms with E-state index in [-0.39, 0.29) is 18.6 Å². The lowest BCUT2D eigenvalue weighted by atomic mass is 10.1. The van der Waals surface area contributed by atoms with Gasteiger partial charge in [0, 0.05) is 10.0 Å². The predicted molar refractivity (Wildman–Crippen MR) is 89.4 cm³/mol. The zero-order valence-corrected chi connectivity index (χ0v) is 13.9. The van der Waals surface area contributed by atoms with Crippen LogP contribution < -0.4 is 14.8 Å². The molecule has 0 saturated carbocycles. The van der Waals surface area contributed by atoms with Gasteiger partial charge in [-0.05, 0) is 36.8 Å². The number of carbonyl (C=O) groups is 1. The zero-order chi connectivity index (χ0) is 16.4. The van der Waals surface area contributed by atoms with Crippen LogP contribution in [-0.4, -0.2) is 18.6 Å². The first-order valence-electron chi connectivity index (χ1n) is 7.18. The fourth-order valence-corrected chi connectivity index (χ4v) is 2.96. The molecule has 2 atom stereocenters. The van der Waals surface area contributed by atoms with E-state index in [1.807, 2.05) is 19.1 Å². The Kier molecular flexibility index (Phi) is 4.64. The Hall–Kier alpha value is -1.91. The van der Waals surface area contributed by atoms with Gasteiger partial charge in [0.1, 0.15) is 6.61 Å². The topological polar surface area (TPSA) is 47.6 Å². The van der Waals surface area contributed by atoms with E-state index in [1.165, 1.54) is 0 Å². The van der Waals surface area contributed by atoms with Gasteiger partial charge in [-0.1, -0.05) is 41.4 Å². The van der Waals surface area contributed by atoms with Crippen molar-refractivity contribution in [3.63, 3.8) is 0 Å². The molecule has 1 heterocycles. The first kappa shape index (κ1) is 16.0. The summed E-state index contributed by atoms with van der Waals surface area (Å²) < 4.78 is 11.2. The van der Waals surface area contributed by atoms with Gasteiger partial charge in [-0.15, -0.1) is 0 Å². The summed E-state index contributed by atoms with van der Waals surface area (Å²) >= 11 is 12.1. The number of fused-ring (bicyclic) bond motifs is 1. The summed E-state index contributed by atoms with van der Waals surface area (Å²) in [6, 6.07) is 12.2. The van der Waals surface area contributed by atoms with Crippen molar-refractivity contribution in [3.8, 4) is 11.5 Å². The van der Waals surface area contributed by atoms with Crippen molar-refractivity contribution in [2.45, 2.75) is 19.1 Å². The van der Waals surface area contributed by atoms with Crippen LogP contribution in [0.4, 0.5) is 0 Å². The maximum Gasteiger partial charge on any atom is 0.265 e. The maximum atomic E-state index is 12.4. The minimum atomic E-state index is -0.696. The molecule has 0 aromatic heterocycles. The fourth-order valence-electron chi connectivity index (χ4n) is 2.39. The molecule has 0 bridgehead atoms. The molecule has 0 unspecified atom stereocenters. The Bertz CT molecular complexity index is 736. The van der Waals surface area contributed by atoms with Crippen molar-refractivity contribution < 1.29 is 14.3 Å². The van der Waals surface area contributed by atoms with Crippen LogP contribution in [0.1, 0.15) is 18.5 Å². The van der Waals surface area contributed by atoms with Gasteiger partial charge < -0.3 is 14.8 Å². The number of hydrogen-bond acceptors (Lipinski definition) is 3. The Morgan fingerprint density at radius 2 is 1.96 bits per heavy atom. The second-order valence-electron chi connectivity index (χ2n) is 5.26. The minimum Gasteiger partial charge on any atom is -0.485 e. The molecule has 23 heavy (non-hydrogen) atoms. The molecule has 1 aliphatic rings. The first-order valence-corrected chi connectivity index (χ1v) is 7.94. The predicted octanol–water partition coefficient (Wildman–Crippen LogP) is 4.01. The molecule has 2 aromatic rings. The van der Waals surface area contributed by atoms with Crippen LogP contribution in [0.3, 0.4) is 0 Å². The third-order valence-electron chi connectivity index (χ3n) is 3.59. The summed E-state index contributed by atoms with van der Waals surface area (Å²) in [6.45, 7) is 2.02. The number of para-hydroxylation sites is 2. The van der Waals surface area contributed by atoms with Crippen LogP contribution in [-0.2, 0) is 4.79 Å². The van der Waals surface area contributed by atoms with Crippen LogP contribution in [0, 0.1) is 0 Å². The molecule has 1 amide bonds. The van der Waals surface area contributed by atoms with E-state index in [0.29, 0.717) is 21.5 Å². The standard InChI is InChI=1S/C17H15Cl2NO3/c1-10(12-7-6-11(18)8-13(12)19)20-17(21)16-9-22-14-4-2-3-5-15(14)23-16/h2-8,10,16H,9H2,1H3,(H,20,21)/t10-,16-/m1/s1. The molecule has 3 rings (SSSR count). The average Bonchev–Trinajstić information content (AvgIpc) is 2.54. The number of halogens is 2. The maximum absolute atomic E-state index is 12.4. The van der Waals surface area contributed by atoms with Gasteiger partial charge in [0.2, 0.25) is 6.10 Å². The Balaban J connectivity index is 1.68. The third-order valence-corrected chi connectivity index (χ3v) is 4.15. The quantitative estimate of drug-likeness (QED) is 0.908. The van der Waals surface area contributed by atoms with Gasteiger partial charge in [-0.2, -0.15) is 0 Å². The Labute approximate surface area is 144 Å². The van der Waals surface area contributed by atoms with Crippen LogP contribution >= 0.6 is 23.2 Å². The van der Waals surface area contributed by atoms with Crippen molar-refractivity contribution in [2.75, 3.05) is 6.61 Å². The molecular weight excluding hydrogens is 337 g/mol. The number of carbonyl (C=O) groups excluding carboxylic acids is 1. The summed E-state index contributed by atoms with van der Waals surface area (Å²) in [5.41, 5.74) is 0.793. The molecule has 0 fully saturated rings. The van der Waals surface area contributed by atoms with E-state index >= 15 is 0 Å². The first-order chi connectivity index (χ1) is 11.0. The van der Waals surface area contributed by atoms with Gasteiger partial charge >= 0.3 is 0 Å². The van der Waals surface area contributed by atoms with Crippen molar-refractivity contribution in [2.24, 2.45) is 0 Å². The summed E-state index contributed by atoms with van der Waals surface area (Å²) in [4.78, 5) is 12.4. The van der Waals surface area contributed by atoms with Gasteiger partial charge in [-0.25, -0.2) is 0 Å². The van der Waals surface area contributed by atoms with E-state index in [1.54, 1.807) is 30.3 Å². The molecule has 6 heteroatoms. The Morgan fingerprint density at radius 3 is 2.70 bits per heavy atom. The molecule has 0 aliphatic carbocycles. The molecule has 120 valence electrons. The number of benzene rings is 2. The zero-order valence-electron chi connectivity index (χ0n) is 12.4. The number of rotatable bonds is 3. The summed E-state index contributed by atoms with van der Waals surface area (Å²) in [6.07, 6.45) is -0.696. The highest BCUT2D eigenvalue weighted by molar-refractivity contribution is 6.35. The summed E-state index contributed by atoms with van der Waals surface area (Å²) in [5, 5.41) is 3.95. The monoisotopic (exact) mass is 351 g/mol. The van der Waals surface area contributed by atoms with E-state index < -0.39 is 6.10 Å². The molecular formula is C17H15Cl2NO3. The van der Waals surface area contributed by atoms with Gasteiger partial charge in [0.15, 0.2) is 11.5 Å². The van der Waals surface area contributed by atoms with E-state index in [0.717, 1.165) is 5.56 Å². The lowest BCUT2D eigenvalue weighted by Crippen LogP contribution is -2.44. The normalized spacial score (nSPS) is 17.4. The van der Waals surface area contributed by atoms with Gasteiger partial charge in [-0.3, -0.25) is 4.79 Å². The van der Waals surface area contributed by atoms with E-state index in [4.69, 9.17) is 32.7 Å². The number of ether oxygens (including phenoxy) is 2. The average molecular weight is 352 g/mol. The van der Waals surface area contributed by atoms with E-state index in [9.17, 15) is 4.79 Å². The van der Waals surface area contributed by atoms with E-state index in [2.05, 4.69) is 5.32 Å². The lowest BCUT2D eigenvalue weighted by molar-refractivity contribution is -0.131. The smallest absolute Gasteiger partial charge is 0.265 e. The van der Waals surface area contributed by atoms with Crippen LogP contribution in [0.2, 0.25) is 10.0 Å². The molecule has 1 N–H and O–H groups in total.